The highest BCUT2D eigenvalue weighted by atomic mass is 31.2. The van der Waals surface area contributed by atoms with Crippen molar-refractivity contribution in [3.05, 3.63) is 182 Å². The lowest BCUT2D eigenvalue weighted by molar-refractivity contribution is -0.161. The molecule has 4 N–H and O–H groups in total. The predicted octanol–water partition coefficient (Wildman–Crippen LogP) is 30.0. The molecule has 121 heavy (non-hydrogen) atoms. The number of phosphoric acid groups is 2. The zero-order valence-electron chi connectivity index (χ0n) is 76.4. The van der Waals surface area contributed by atoms with E-state index in [-0.39, 0.29) is 19.3 Å². The Labute approximate surface area is 738 Å². The van der Waals surface area contributed by atoms with Crippen LogP contribution in [0.15, 0.2) is 182 Å². The van der Waals surface area contributed by atoms with Gasteiger partial charge in [0.1, 0.15) is 25.4 Å². The van der Waals surface area contributed by atoms with Crippen LogP contribution in [0.25, 0.3) is 0 Å². The lowest BCUT2D eigenvalue weighted by atomic mass is 10.0. The highest BCUT2D eigenvalue weighted by Crippen LogP contribution is 2.45. The van der Waals surface area contributed by atoms with E-state index in [1.165, 1.54) is 154 Å². The Hall–Kier alpha value is -5.35. The van der Waals surface area contributed by atoms with Gasteiger partial charge in [-0.25, -0.2) is 9.13 Å². The lowest BCUT2D eigenvalue weighted by Gasteiger charge is -2.21. The lowest BCUT2D eigenvalue weighted by Crippen LogP contribution is -2.30. The summed E-state index contributed by atoms with van der Waals surface area (Å²) in [7, 11) is -9.82. The van der Waals surface area contributed by atoms with Gasteiger partial charge >= 0.3 is 33.6 Å². The Bertz CT molecular complexity index is 2930. The minimum Gasteiger partial charge on any atom is -0.463 e. The summed E-state index contributed by atoms with van der Waals surface area (Å²) in [5.41, 5.74) is 0. The van der Waals surface area contributed by atoms with Gasteiger partial charge in [0.2, 0.25) is 0 Å². The molecule has 0 aromatic rings. The molecule has 692 valence electrons. The molecule has 18 heteroatoms. The zero-order chi connectivity index (χ0) is 87.9. The standard InChI is InChI=1S/C103H174O16P2/c1-4-7-10-13-16-19-22-25-28-31-34-37-40-43-44-45-46-47-48-49-50-51-52-55-57-59-62-65-68-71-74-77-80-83-86-89-101(106)113-92-98(104)93-115-120(109,110)116-94-99(105)95-117-121(111,112)118-97-100(119-103(108)91-88-85-82-79-76-73-70-67-64-61-58-54-42-39-36-33-30-27-24-21-18-15-12-9-6-3)96-114-102(107)90-87-84-81-78-75-72-69-66-63-60-56-53-41-38-35-32-29-26-23-20-17-14-11-8-5-2/h7-12,16-21,25-30,34-39,43-44,53-54,56,58,98-100,104-105H,4-6,13-15,22-24,31-33,40-42,45-52,55,57,59-97H2,1-3H3,(H,109,110)(H,111,112)/b10-7-,11-8-,12-9-,19-16-,20-17-,21-18-,28-25-,29-26-,30-27-,37-34-,38-35-,39-36-,44-43-,56-53-,58-54-. The molecular weight excluding hydrogens is 1560 g/mol. The van der Waals surface area contributed by atoms with Gasteiger partial charge in [0.15, 0.2) is 6.10 Å². The molecule has 0 rings (SSSR count). The minimum absolute atomic E-state index is 0.0905. The van der Waals surface area contributed by atoms with Crippen LogP contribution in [0.2, 0.25) is 0 Å². The fourth-order valence-corrected chi connectivity index (χ4v) is 14.5. The van der Waals surface area contributed by atoms with E-state index in [2.05, 4.69) is 203 Å². The van der Waals surface area contributed by atoms with Gasteiger partial charge < -0.3 is 34.2 Å². The van der Waals surface area contributed by atoms with Gasteiger partial charge in [0, 0.05) is 19.3 Å². The molecule has 0 bridgehead atoms. The number of hydrogen-bond acceptors (Lipinski definition) is 14. The van der Waals surface area contributed by atoms with Crippen LogP contribution in [0.4, 0.5) is 0 Å². The van der Waals surface area contributed by atoms with Crippen molar-refractivity contribution < 1.29 is 75.8 Å². The van der Waals surface area contributed by atoms with Crippen molar-refractivity contribution in [2.24, 2.45) is 0 Å². The molecule has 0 aliphatic carbocycles. The Balaban J connectivity index is 4.57. The fraction of sp³-hybridized carbons (Fsp3) is 0.680. The van der Waals surface area contributed by atoms with Crippen molar-refractivity contribution in [2.45, 2.75) is 411 Å². The molecule has 0 fully saturated rings. The molecule has 0 aliphatic heterocycles. The maximum Gasteiger partial charge on any atom is 0.472 e. The number of unbranched alkanes of at least 4 members (excludes halogenated alkanes) is 37. The Kier molecular flexibility index (Phi) is 89.6. The quantitative estimate of drug-likeness (QED) is 0.0146. The first-order valence-electron chi connectivity index (χ1n) is 48.1. The molecule has 16 nitrogen and oxygen atoms in total. The zero-order valence-corrected chi connectivity index (χ0v) is 78.2. The third kappa shape index (κ3) is 95.2. The summed E-state index contributed by atoms with van der Waals surface area (Å²) < 4.78 is 61.6. The molecule has 0 spiro atoms. The Morgan fingerprint density at radius 3 is 0.653 bits per heavy atom. The fourth-order valence-electron chi connectivity index (χ4n) is 12.9. The summed E-state index contributed by atoms with van der Waals surface area (Å²) in [5, 5.41) is 20.8. The SMILES string of the molecule is CC/C=C\C/C=C\C/C=C\C/C=C\C/C=C\CCCCCCCCCCCCCCCCCCCCCC(=O)OCC(O)COP(=O)(O)OCC(O)COP(=O)(O)OCC(COC(=O)CCCCCCCCCCC/C=C\C/C=C\C/C=C\C/C=C\C/C=C\CC)OC(=O)CCCCCCCCCCC/C=C\C/C=C\C/C=C\C/C=C\C/C=C\CC. The van der Waals surface area contributed by atoms with E-state index < -0.39 is 91.5 Å². The Morgan fingerprint density at radius 1 is 0.231 bits per heavy atom. The molecule has 0 aromatic heterocycles. The van der Waals surface area contributed by atoms with Crippen LogP contribution in [-0.4, -0.2) is 95.9 Å². The van der Waals surface area contributed by atoms with Gasteiger partial charge in [-0.05, 0) is 154 Å². The van der Waals surface area contributed by atoms with Crippen molar-refractivity contribution in [3.63, 3.8) is 0 Å². The number of allylic oxidation sites excluding steroid dienone is 30. The smallest absolute Gasteiger partial charge is 0.463 e. The maximum atomic E-state index is 13.1. The van der Waals surface area contributed by atoms with Crippen molar-refractivity contribution >= 4 is 33.6 Å². The van der Waals surface area contributed by atoms with Crippen LogP contribution in [0.5, 0.6) is 0 Å². The van der Waals surface area contributed by atoms with Crippen molar-refractivity contribution in [2.75, 3.05) is 39.6 Å². The van der Waals surface area contributed by atoms with Gasteiger partial charge in [0.25, 0.3) is 0 Å². The minimum atomic E-state index is -4.95. The first-order chi connectivity index (χ1) is 59.2. The number of rotatable bonds is 90. The summed E-state index contributed by atoms with van der Waals surface area (Å²) in [6, 6.07) is 0. The third-order valence-corrected chi connectivity index (χ3v) is 22.0. The molecule has 0 aromatic carbocycles. The number of aliphatic hydroxyl groups is 2. The second kappa shape index (κ2) is 93.8. The number of esters is 3. The summed E-state index contributed by atoms with van der Waals surface area (Å²) in [6.45, 7) is 2.38. The summed E-state index contributed by atoms with van der Waals surface area (Å²) in [4.78, 5) is 59.1. The van der Waals surface area contributed by atoms with E-state index in [1.807, 2.05) is 0 Å². The third-order valence-electron chi connectivity index (χ3n) is 20.1. The van der Waals surface area contributed by atoms with E-state index in [9.17, 15) is 43.5 Å². The van der Waals surface area contributed by atoms with Gasteiger partial charge in [-0.15, -0.1) is 0 Å². The van der Waals surface area contributed by atoms with E-state index in [4.69, 9.17) is 32.3 Å². The Morgan fingerprint density at radius 2 is 0.413 bits per heavy atom. The normalized spacial score (nSPS) is 14.5. The summed E-state index contributed by atoms with van der Waals surface area (Å²) in [5.74, 6) is -1.58. The first-order valence-corrected chi connectivity index (χ1v) is 51.1. The van der Waals surface area contributed by atoms with Gasteiger partial charge in [-0.1, -0.05) is 402 Å². The van der Waals surface area contributed by atoms with Crippen molar-refractivity contribution in [1.82, 2.24) is 0 Å². The molecule has 0 heterocycles. The second-order valence-electron chi connectivity index (χ2n) is 31.7. The molecule has 0 saturated heterocycles. The monoisotopic (exact) mass is 1730 g/mol. The van der Waals surface area contributed by atoms with Crippen molar-refractivity contribution in [1.29, 1.82) is 0 Å². The average molecular weight is 1730 g/mol. The highest BCUT2D eigenvalue weighted by Gasteiger charge is 2.30. The summed E-state index contributed by atoms with van der Waals surface area (Å²) >= 11 is 0. The van der Waals surface area contributed by atoms with Gasteiger partial charge in [-0.2, -0.15) is 0 Å². The summed E-state index contributed by atoms with van der Waals surface area (Å²) in [6.07, 6.45) is 124. The largest absolute Gasteiger partial charge is 0.472 e. The molecule has 0 amide bonds. The molecule has 0 radical (unpaired) electrons. The van der Waals surface area contributed by atoms with E-state index in [0.29, 0.717) is 19.3 Å². The molecular formula is C103H174O16P2. The van der Waals surface area contributed by atoms with E-state index in [0.717, 1.165) is 180 Å². The first kappa shape index (κ1) is 116. The number of phosphoric ester groups is 2. The van der Waals surface area contributed by atoms with Gasteiger partial charge in [-0.3, -0.25) is 32.5 Å². The van der Waals surface area contributed by atoms with Crippen LogP contribution < -0.4 is 0 Å². The van der Waals surface area contributed by atoms with Crippen LogP contribution in [0.3, 0.4) is 0 Å². The predicted molar refractivity (Wildman–Crippen MR) is 509 cm³/mol. The molecule has 5 atom stereocenters. The van der Waals surface area contributed by atoms with Crippen molar-refractivity contribution in [3.8, 4) is 0 Å². The number of carbonyl (C=O) groups is 3. The molecule has 0 aliphatic rings. The number of ether oxygens (including phenoxy) is 3. The second-order valence-corrected chi connectivity index (χ2v) is 34.6. The van der Waals surface area contributed by atoms with Crippen LogP contribution in [-0.2, 0) is 55.8 Å². The number of hydrogen-bond donors (Lipinski definition) is 4. The maximum absolute atomic E-state index is 13.1. The van der Waals surface area contributed by atoms with Crippen LogP contribution in [0, 0.1) is 0 Å². The number of aliphatic hydroxyl groups excluding tert-OH is 2. The molecule has 0 saturated carbocycles. The van der Waals surface area contributed by atoms with E-state index in [1.54, 1.807) is 0 Å². The van der Waals surface area contributed by atoms with Crippen LogP contribution in [0.1, 0.15) is 393 Å². The van der Waals surface area contributed by atoms with Crippen LogP contribution >= 0.6 is 15.6 Å². The number of carbonyl (C=O) groups excluding carboxylic acids is 3. The topological polar surface area (TPSA) is 231 Å². The highest BCUT2D eigenvalue weighted by molar-refractivity contribution is 7.47. The van der Waals surface area contributed by atoms with Gasteiger partial charge in [0.05, 0.1) is 26.4 Å². The molecule has 5 unspecified atom stereocenters. The van der Waals surface area contributed by atoms with E-state index >= 15 is 0 Å². The average Bonchev–Trinajstić information content (AvgIpc) is 0.901.